The van der Waals surface area contributed by atoms with Crippen molar-refractivity contribution in [3.8, 4) is 10.9 Å². The molecule has 3 aromatic rings. The molecule has 0 saturated carbocycles. The summed E-state index contributed by atoms with van der Waals surface area (Å²) in [5, 5.41) is 0.922. The smallest absolute Gasteiger partial charge is 0.279 e. The average molecular weight is 290 g/mol. The topological polar surface area (TPSA) is 39.2 Å². The summed E-state index contributed by atoms with van der Waals surface area (Å²) in [6, 6.07) is 12.7. The van der Waals surface area contributed by atoms with Crippen molar-refractivity contribution in [3.05, 3.63) is 53.1 Å². The summed E-state index contributed by atoms with van der Waals surface area (Å²) in [6.45, 7) is 0. The highest BCUT2D eigenvalue weighted by Gasteiger charge is 2.08. The Balaban J connectivity index is 1.94. The lowest BCUT2D eigenvalue weighted by Gasteiger charge is -2.03. The van der Waals surface area contributed by atoms with Gasteiger partial charge in [0.2, 0.25) is 0 Å². The molecular formula is C14H8ClNO2S. The molecule has 0 amide bonds. The Morgan fingerprint density at radius 3 is 2.79 bits per heavy atom. The second kappa shape index (κ2) is 4.99. The second-order valence-electron chi connectivity index (χ2n) is 3.86. The Morgan fingerprint density at radius 2 is 2.05 bits per heavy atom. The van der Waals surface area contributed by atoms with E-state index in [2.05, 4.69) is 4.98 Å². The number of rotatable bonds is 3. The first-order valence-corrected chi connectivity index (χ1v) is 6.74. The van der Waals surface area contributed by atoms with E-state index in [4.69, 9.17) is 16.3 Å². The first-order valence-electron chi connectivity index (χ1n) is 5.54. The van der Waals surface area contributed by atoms with Crippen molar-refractivity contribution in [1.29, 1.82) is 0 Å². The van der Waals surface area contributed by atoms with Gasteiger partial charge in [-0.3, -0.25) is 4.79 Å². The molecule has 0 saturated heterocycles. The fourth-order valence-corrected chi connectivity index (χ4v) is 2.72. The van der Waals surface area contributed by atoms with Crippen molar-refractivity contribution in [2.75, 3.05) is 0 Å². The molecule has 0 atom stereocenters. The van der Waals surface area contributed by atoms with Gasteiger partial charge >= 0.3 is 0 Å². The van der Waals surface area contributed by atoms with Crippen LogP contribution in [0.25, 0.3) is 10.2 Å². The molecule has 0 bridgehead atoms. The van der Waals surface area contributed by atoms with Crippen molar-refractivity contribution in [2.45, 2.75) is 0 Å². The number of hydrogen-bond donors (Lipinski definition) is 0. The quantitative estimate of drug-likeness (QED) is 0.664. The third-order valence-corrected chi connectivity index (χ3v) is 3.77. The molecule has 1 heterocycles. The lowest BCUT2D eigenvalue weighted by molar-refractivity contribution is 0.112. The monoisotopic (exact) mass is 289 g/mol. The maximum absolute atomic E-state index is 10.6. The molecule has 0 spiro atoms. The van der Waals surface area contributed by atoms with Crippen LogP contribution in [-0.4, -0.2) is 11.3 Å². The minimum Gasteiger partial charge on any atom is -0.429 e. The number of aromatic nitrogens is 1. The number of fused-ring (bicyclic) bond motifs is 1. The zero-order chi connectivity index (χ0) is 13.2. The largest absolute Gasteiger partial charge is 0.429 e. The maximum atomic E-state index is 10.6. The van der Waals surface area contributed by atoms with Gasteiger partial charge in [0.15, 0.2) is 0 Å². The highest BCUT2D eigenvalue weighted by atomic mass is 35.5. The van der Waals surface area contributed by atoms with E-state index < -0.39 is 0 Å². The van der Waals surface area contributed by atoms with E-state index in [1.807, 2.05) is 24.3 Å². The molecule has 0 aliphatic carbocycles. The summed E-state index contributed by atoms with van der Waals surface area (Å²) in [7, 11) is 0. The third-order valence-electron chi connectivity index (χ3n) is 2.56. The van der Waals surface area contributed by atoms with Gasteiger partial charge in [-0.15, -0.1) is 0 Å². The van der Waals surface area contributed by atoms with E-state index >= 15 is 0 Å². The summed E-state index contributed by atoms with van der Waals surface area (Å²) in [5.41, 5.74) is 1.41. The van der Waals surface area contributed by atoms with Crippen LogP contribution in [0.3, 0.4) is 0 Å². The molecule has 1 aromatic heterocycles. The number of carbonyl (C=O) groups is 1. The van der Waals surface area contributed by atoms with Gasteiger partial charge < -0.3 is 4.74 Å². The molecule has 0 unspecified atom stereocenters. The molecular weight excluding hydrogens is 282 g/mol. The molecule has 0 fully saturated rings. The molecule has 3 nitrogen and oxygen atoms in total. The molecule has 0 aliphatic rings. The van der Waals surface area contributed by atoms with Gasteiger partial charge in [0.1, 0.15) is 12.0 Å². The van der Waals surface area contributed by atoms with Gasteiger partial charge in [-0.25, -0.2) is 4.98 Å². The number of para-hydroxylation sites is 1. The van der Waals surface area contributed by atoms with Crippen LogP contribution in [0.1, 0.15) is 10.4 Å². The van der Waals surface area contributed by atoms with E-state index in [1.54, 1.807) is 18.2 Å². The van der Waals surface area contributed by atoms with Gasteiger partial charge in [0, 0.05) is 5.56 Å². The first kappa shape index (κ1) is 12.1. The van der Waals surface area contributed by atoms with Crippen LogP contribution < -0.4 is 4.74 Å². The second-order valence-corrected chi connectivity index (χ2v) is 5.26. The maximum Gasteiger partial charge on any atom is 0.279 e. The minimum atomic E-state index is 0.392. The Labute approximate surface area is 118 Å². The number of thiazole rings is 1. The first-order chi connectivity index (χ1) is 9.26. The highest BCUT2D eigenvalue weighted by molar-refractivity contribution is 7.20. The van der Waals surface area contributed by atoms with Crippen LogP contribution in [0.4, 0.5) is 0 Å². The van der Waals surface area contributed by atoms with Gasteiger partial charge in [0.05, 0.1) is 15.2 Å². The zero-order valence-electron chi connectivity index (χ0n) is 9.67. The molecule has 19 heavy (non-hydrogen) atoms. The molecule has 3 rings (SSSR count). The molecule has 0 radical (unpaired) electrons. The summed E-state index contributed by atoms with van der Waals surface area (Å²) in [4.78, 5) is 15.0. The Hall–Kier alpha value is -1.91. The number of hydrogen-bond acceptors (Lipinski definition) is 4. The van der Waals surface area contributed by atoms with Gasteiger partial charge in [-0.1, -0.05) is 35.1 Å². The number of nitrogens with zero attached hydrogens (tertiary/aromatic N) is 1. The summed E-state index contributed by atoms with van der Waals surface area (Å²) >= 11 is 7.50. The molecule has 94 valence electrons. The van der Waals surface area contributed by atoms with Gasteiger partial charge in [-0.2, -0.15) is 0 Å². The van der Waals surface area contributed by atoms with Crippen molar-refractivity contribution < 1.29 is 9.53 Å². The van der Waals surface area contributed by atoms with E-state index in [1.165, 1.54) is 11.3 Å². The van der Waals surface area contributed by atoms with Gasteiger partial charge in [0.25, 0.3) is 5.19 Å². The molecule has 5 heteroatoms. The van der Waals surface area contributed by atoms with E-state index in [0.717, 1.165) is 16.5 Å². The lowest BCUT2D eigenvalue weighted by Crippen LogP contribution is -1.86. The van der Waals surface area contributed by atoms with Crippen molar-refractivity contribution >= 4 is 39.4 Å². The summed E-state index contributed by atoms with van der Waals surface area (Å²) in [5.74, 6) is 0.492. The number of benzene rings is 2. The molecule has 2 aromatic carbocycles. The van der Waals surface area contributed by atoms with Gasteiger partial charge in [-0.05, 0) is 30.3 Å². The predicted molar refractivity (Wildman–Crippen MR) is 76.5 cm³/mol. The van der Waals surface area contributed by atoms with Crippen molar-refractivity contribution in [2.24, 2.45) is 0 Å². The standard InChI is InChI=1S/C14H8ClNO2S/c15-10-7-9(8-17)5-6-12(10)18-14-16-11-3-1-2-4-13(11)19-14/h1-8H. The Morgan fingerprint density at radius 1 is 1.21 bits per heavy atom. The fourth-order valence-electron chi connectivity index (χ4n) is 1.66. The van der Waals surface area contributed by atoms with Crippen LogP contribution in [0.5, 0.6) is 10.9 Å². The number of carbonyl (C=O) groups excluding carboxylic acids is 1. The Kier molecular flexibility index (Phi) is 3.19. The summed E-state index contributed by atoms with van der Waals surface area (Å²) < 4.78 is 6.71. The predicted octanol–water partition coefficient (Wildman–Crippen LogP) is 4.55. The highest BCUT2D eigenvalue weighted by Crippen LogP contribution is 2.34. The average Bonchev–Trinajstić information content (AvgIpc) is 2.83. The number of ether oxygens (including phenoxy) is 1. The summed E-state index contributed by atoms with van der Waals surface area (Å²) in [6.07, 6.45) is 0.743. The number of halogens is 1. The SMILES string of the molecule is O=Cc1ccc(Oc2nc3ccccc3s2)c(Cl)c1. The van der Waals surface area contributed by atoms with Crippen LogP contribution in [0.15, 0.2) is 42.5 Å². The van der Waals surface area contributed by atoms with Crippen LogP contribution >= 0.6 is 22.9 Å². The normalized spacial score (nSPS) is 10.6. The third kappa shape index (κ3) is 2.45. The van der Waals surface area contributed by atoms with Crippen molar-refractivity contribution in [1.82, 2.24) is 4.98 Å². The van der Waals surface area contributed by atoms with Crippen LogP contribution in [-0.2, 0) is 0 Å². The zero-order valence-corrected chi connectivity index (χ0v) is 11.2. The fraction of sp³-hybridized carbons (Fsp3) is 0. The lowest BCUT2D eigenvalue weighted by atomic mass is 10.2. The van der Waals surface area contributed by atoms with Crippen molar-refractivity contribution in [3.63, 3.8) is 0 Å². The van der Waals surface area contributed by atoms with Crippen LogP contribution in [0.2, 0.25) is 5.02 Å². The van der Waals surface area contributed by atoms with E-state index in [0.29, 0.717) is 21.5 Å². The minimum absolute atomic E-state index is 0.392. The molecule has 0 aliphatic heterocycles. The van der Waals surface area contributed by atoms with Crippen LogP contribution in [0, 0.1) is 0 Å². The van der Waals surface area contributed by atoms with E-state index in [-0.39, 0.29) is 0 Å². The molecule has 0 N–H and O–H groups in total. The Bertz CT molecular complexity index is 721. The number of aldehydes is 1. The van der Waals surface area contributed by atoms with E-state index in [9.17, 15) is 4.79 Å².